The van der Waals surface area contributed by atoms with Gasteiger partial charge in [0.05, 0.1) is 0 Å². The first-order valence-electron chi connectivity index (χ1n) is 5.04. The van der Waals surface area contributed by atoms with E-state index >= 15 is 0 Å². The van der Waals surface area contributed by atoms with Gasteiger partial charge in [0, 0.05) is 36.8 Å². The summed E-state index contributed by atoms with van der Waals surface area (Å²) in [7, 11) is 1.74. The molecule has 2 rings (SSSR count). The van der Waals surface area contributed by atoms with E-state index in [0.29, 0.717) is 17.2 Å². The summed E-state index contributed by atoms with van der Waals surface area (Å²) in [6.45, 7) is 0. The van der Waals surface area contributed by atoms with Crippen molar-refractivity contribution in [3.8, 4) is 0 Å². The van der Waals surface area contributed by atoms with Crippen molar-refractivity contribution in [1.29, 1.82) is 0 Å². The third-order valence-corrected chi connectivity index (χ3v) is 2.17. The Morgan fingerprint density at radius 3 is 2.35 bits per heavy atom. The first-order valence-corrected chi connectivity index (χ1v) is 5.04. The van der Waals surface area contributed by atoms with E-state index in [0.717, 1.165) is 6.07 Å². The fourth-order valence-corrected chi connectivity index (χ4v) is 1.44. The van der Waals surface area contributed by atoms with Crippen molar-refractivity contribution in [3.63, 3.8) is 0 Å². The van der Waals surface area contributed by atoms with Crippen molar-refractivity contribution in [3.05, 3.63) is 48.2 Å². The van der Waals surface area contributed by atoms with Crippen LogP contribution in [0.5, 0.6) is 0 Å². The molecule has 0 unspecified atom stereocenters. The van der Waals surface area contributed by atoms with Crippen molar-refractivity contribution in [2.24, 2.45) is 0 Å². The summed E-state index contributed by atoms with van der Waals surface area (Å²) in [5, 5.41) is 5.78. The standard InChI is InChI=1S/C12H11F2N3/c1-15-12-7-10(2-3-16-12)17-11-5-8(13)4-9(14)6-11/h2-7H,1H3,(H2,15,16,17). The van der Waals surface area contributed by atoms with E-state index in [1.54, 1.807) is 25.4 Å². The van der Waals surface area contributed by atoms with E-state index in [-0.39, 0.29) is 0 Å². The Morgan fingerprint density at radius 1 is 1.00 bits per heavy atom. The molecule has 0 saturated carbocycles. The molecular weight excluding hydrogens is 224 g/mol. The van der Waals surface area contributed by atoms with Crippen LogP contribution in [0.15, 0.2) is 36.5 Å². The second kappa shape index (κ2) is 4.78. The monoisotopic (exact) mass is 235 g/mol. The predicted molar refractivity (Wildman–Crippen MR) is 63.4 cm³/mol. The lowest BCUT2D eigenvalue weighted by Crippen LogP contribution is -1.96. The SMILES string of the molecule is CNc1cc(Nc2cc(F)cc(F)c2)ccn1. The van der Waals surface area contributed by atoms with Gasteiger partial charge in [0.1, 0.15) is 17.5 Å². The number of pyridine rings is 1. The number of benzene rings is 1. The van der Waals surface area contributed by atoms with E-state index in [1.165, 1.54) is 12.1 Å². The highest BCUT2D eigenvalue weighted by molar-refractivity contribution is 5.62. The zero-order chi connectivity index (χ0) is 12.3. The second-order valence-corrected chi connectivity index (χ2v) is 3.46. The van der Waals surface area contributed by atoms with Crippen LogP contribution in [0.3, 0.4) is 0 Å². The van der Waals surface area contributed by atoms with Crippen LogP contribution >= 0.6 is 0 Å². The van der Waals surface area contributed by atoms with Crippen molar-refractivity contribution in [2.75, 3.05) is 17.7 Å². The number of rotatable bonds is 3. The summed E-state index contributed by atoms with van der Waals surface area (Å²) in [6.07, 6.45) is 1.60. The molecule has 17 heavy (non-hydrogen) atoms. The Kier molecular flexibility index (Phi) is 3.18. The van der Waals surface area contributed by atoms with Crippen molar-refractivity contribution in [1.82, 2.24) is 4.98 Å². The van der Waals surface area contributed by atoms with Crippen LogP contribution in [0.1, 0.15) is 0 Å². The summed E-state index contributed by atoms with van der Waals surface area (Å²) in [4.78, 5) is 4.04. The fraction of sp³-hybridized carbons (Fsp3) is 0.0833. The van der Waals surface area contributed by atoms with Gasteiger partial charge in [0.2, 0.25) is 0 Å². The zero-order valence-corrected chi connectivity index (χ0v) is 9.17. The minimum absolute atomic E-state index is 0.357. The molecule has 0 aliphatic carbocycles. The molecule has 0 aliphatic rings. The molecule has 5 heteroatoms. The van der Waals surface area contributed by atoms with Crippen LogP contribution in [0.2, 0.25) is 0 Å². The minimum atomic E-state index is -0.615. The molecule has 1 aromatic carbocycles. The smallest absolute Gasteiger partial charge is 0.128 e. The number of halogens is 2. The average molecular weight is 235 g/mol. The third kappa shape index (κ3) is 2.90. The molecule has 0 saturated heterocycles. The quantitative estimate of drug-likeness (QED) is 0.858. The number of hydrogen-bond donors (Lipinski definition) is 2. The molecular formula is C12H11F2N3. The van der Waals surface area contributed by atoms with Crippen LogP contribution in [0.4, 0.5) is 26.0 Å². The molecule has 0 aliphatic heterocycles. The molecule has 3 nitrogen and oxygen atoms in total. The van der Waals surface area contributed by atoms with Gasteiger partial charge in [-0.05, 0) is 18.2 Å². The summed E-state index contributed by atoms with van der Waals surface area (Å²) in [6, 6.07) is 6.73. The van der Waals surface area contributed by atoms with E-state index in [4.69, 9.17) is 0 Å². The molecule has 2 aromatic rings. The maximum absolute atomic E-state index is 13.0. The Hall–Kier alpha value is -2.17. The van der Waals surface area contributed by atoms with Crippen LogP contribution in [0, 0.1) is 11.6 Å². The molecule has 0 fully saturated rings. The maximum Gasteiger partial charge on any atom is 0.128 e. The maximum atomic E-state index is 13.0. The van der Waals surface area contributed by atoms with Gasteiger partial charge in [-0.3, -0.25) is 0 Å². The summed E-state index contributed by atoms with van der Waals surface area (Å²) in [5.41, 5.74) is 1.06. The van der Waals surface area contributed by atoms with Gasteiger partial charge < -0.3 is 10.6 Å². The van der Waals surface area contributed by atoms with E-state index < -0.39 is 11.6 Å². The lowest BCUT2D eigenvalue weighted by Gasteiger charge is -2.08. The molecule has 0 bridgehead atoms. The van der Waals surface area contributed by atoms with Gasteiger partial charge in [-0.1, -0.05) is 0 Å². The van der Waals surface area contributed by atoms with Crippen LogP contribution < -0.4 is 10.6 Å². The average Bonchev–Trinajstić information content (AvgIpc) is 2.28. The van der Waals surface area contributed by atoms with Gasteiger partial charge in [0.25, 0.3) is 0 Å². The summed E-state index contributed by atoms with van der Waals surface area (Å²) in [5.74, 6) is -0.558. The van der Waals surface area contributed by atoms with Crippen LogP contribution in [-0.4, -0.2) is 12.0 Å². The first kappa shape index (κ1) is 11.3. The Balaban J connectivity index is 2.24. The minimum Gasteiger partial charge on any atom is -0.373 e. The highest BCUT2D eigenvalue weighted by Crippen LogP contribution is 2.20. The predicted octanol–water partition coefficient (Wildman–Crippen LogP) is 3.15. The number of aromatic nitrogens is 1. The Bertz CT molecular complexity index is 509. The van der Waals surface area contributed by atoms with Crippen molar-refractivity contribution in [2.45, 2.75) is 0 Å². The molecule has 1 heterocycles. The van der Waals surface area contributed by atoms with Gasteiger partial charge in [-0.2, -0.15) is 0 Å². The topological polar surface area (TPSA) is 37.0 Å². The zero-order valence-electron chi connectivity index (χ0n) is 9.17. The summed E-state index contributed by atoms with van der Waals surface area (Å²) >= 11 is 0. The normalized spacial score (nSPS) is 10.1. The highest BCUT2D eigenvalue weighted by Gasteiger charge is 2.01. The van der Waals surface area contributed by atoms with Gasteiger partial charge >= 0.3 is 0 Å². The Morgan fingerprint density at radius 2 is 1.71 bits per heavy atom. The molecule has 2 N–H and O–H groups in total. The molecule has 0 spiro atoms. The van der Waals surface area contributed by atoms with Gasteiger partial charge in [-0.15, -0.1) is 0 Å². The fourth-order valence-electron chi connectivity index (χ4n) is 1.44. The molecule has 88 valence electrons. The van der Waals surface area contributed by atoms with Gasteiger partial charge in [0.15, 0.2) is 0 Å². The van der Waals surface area contributed by atoms with E-state index in [1.807, 2.05) is 0 Å². The first-order chi connectivity index (χ1) is 8.17. The Labute approximate surface area is 97.5 Å². The van der Waals surface area contributed by atoms with Gasteiger partial charge in [-0.25, -0.2) is 13.8 Å². The molecule has 1 aromatic heterocycles. The second-order valence-electron chi connectivity index (χ2n) is 3.46. The number of nitrogens with one attached hydrogen (secondary N) is 2. The lowest BCUT2D eigenvalue weighted by molar-refractivity contribution is 0.584. The molecule has 0 amide bonds. The number of anilines is 3. The van der Waals surface area contributed by atoms with E-state index in [2.05, 4.69) is 15.6 Å². The van der Waals surface area contributed by atoms with Crippen LogP contribution in [-0.2, 0) is 0 Å². The third-order valence-electron chi connectivity index (χ3n) is 2.17. The van der Waals surface area contributed by atoms with Crippen molar-refractivity contribution < 1.29 is 8.78 Å². The van der Waals surface area contributed by atoms with E-state index in [9.17, 15) is 8.78 Å². The summed E-state index contributed by atoms with van der Waals surface area (Å²) < 4.78 is 25.9. The molecule has 0 atom stereocenters. The number of nitrogens with zero attached hydrogens (tertiary/aromatic N) is 1. The molecule has 0 radical (unpaired) electrons. The highest BCUT2D eigenvalue weighted by atomic mass is 19.1. The lowest BCUT2D eigenvalue weighted by atomic mass is 10.3. The van der Waals surface area contributed by atoms with Crippen molar-refractivity contribution >= 4 is 17.2 Å². The largest absolute Gasteiger partial charge is 0.373 e. The van der Waals surface area contributed by atoms with Crippen LogP contribution in [0.25, 0.3) is 0 Å². The number of hydrogen-bond acceptors (Lipinski definition) is 3.